The fourth-order valence-electron chi connectivity index (χ4n) is 3.30. The average Bonchev–Trinajstić information content (AvgIpc) is 2.94. The topological polar surface area (TPSA) is 75.9 Å². The quantitative estimate of drug-likeness (QED) is 0.735. The van der Waals surface area contributed by atoms with Crippen molar-refractivity contribution in [3.05, 3.63) is 40.4 Å². The van der Waals surface area contributed by atoms with Gasteiger partial charge in [0.25, 0.3) is 5.91 Å². The summed E-state index contributed by atoms with van der Waals surface area (Å²) in [5.41, 5.74) is 1.05. The van der Waals surface area contributed by atoms with Gasteiger partial charge in [-0.15, -0.1) is 11.3 Å². The maximum Gasteiger partial charge on any atom is 0.281 e. The first-order chi connectivity index (χ1) is 12.4. The van der Waals surface area contributed by atoms with Crippen molar-refractivity contribution >= 4 is 22.4 Å². The standard InChI is InChI=1S/C19H25N3O3S/c1-13-14(2)26-18(20-13)21-17(23)12-22-10-8-19(24,9-11-22)15-4-6-16(25-3)7-5-15/h4-7,24H,8-12H2,1-3H3,(H,20,21,23)/p+1. The lowest BCUT2D eigenvalue weighted by atomic mass is 9.84. The Morgan fingerprint density at radius 3 is 2.50 bits per heavy atom. The van der Waals surface area contributed by atoms with Gasteiger partial charge in [0.05, 0.1) is 25.9 Å². The molecular weight excluding hydrogens is 350 g/mol. The zero-order chi connectivity index (χ0) is 18.7. The Balaban J connectivity index is 1.53. The normalized spacial score (nSPS) is 22.8. The summed E-state index contributed by atoms with van der Waals surface area (Å²) in [4.78, 5) is 18.9. The van der Waals surface area contributed by atoms with Gasteiger partial charge in [-0.2, -0.15) is 0 Å². The maximum atomic E-state index is 12.3. The molecule has 2 heterocycles. The molecule has 0 saturated carbocycles. The van der Waals surface area contributed by atoms with Crippen molar-refractivity contribution in [3.63, 3.8) is 0 Å². The number of aryl methyl sites for hydroxylation is 2. The van der Waals surface area contributed by atoms with Crippen LogP contribution in [0.4, 0.5) is 5.13 Å². The summed E-state index contributed by atoms with van der Waals surface area (Å²) in [5, 5.41) is 14.5. The predicted molar refractivity (Wildman–Crippen MR) is 102 cm³/mol. The molecule has 0 bridgehead atoms. The summed E-state index contributed by atoms with van der Waals surface area (Å²) >= 11 is 1.50. The molecule has 3 N–H and O–H groups in total. The number of thiazole rings is 1. The fourth-order valence-corrected chi connectivity index (χ4v) is 4.13. The Kier molecular flexibility index (Phi) is 5.60. The summed E-state index contributed by atoms with van der Waals surface area (Å²) in [6, 6.07) is 7.59. The van der Waals surface area contributed by atoms with E-state index in [9.17, 15) is 9.90 Å². The first kappa shape index (κ1) is 18.8. The molecule has 0 unspecified atom stereocenters. The minimum atomic E-state index is -0.824. The summed E-state index contributed by atoms with van der Waals surface area (Å²) < 4.78 is 5.17. The lowest BCUT2D eigenvalue weighted by molar-refractivity contribution is -0.899. The molecule has 26 heavy (non-hydrogen) atoms. The van der Waals surface area contributed by atoms with Crippen molar-refractivity contribution in [3.8, 4) is 5.75 Å². The number of nitrogens with one attached hydrogen (secondary N) is 2. The Morgan fingerprint density at radius 1 is 1.31 bits per heavy atom. The average molecular weight is 377 g/mol. The molecule has 7 heteroatoms. The number of aromatic nitrogens is 1. The number of carbonyl (C=O) groups excluding carboxylic acids is 1. The van der Waals surface area contributed by atoms with Crippen LogP contribution in [-0.2, 0) is 10.4 Å². The van der Waals surface area contributed by atoms with Crippen molar-refractivity contribution in [2.45, 2.75) is 32.3 Å². The molecule has 0 spiro atoms. The summed E-state index contributed by atoms with van der Waals surface area (Å²) in [6.07, 6.45) is 1.27. The van der Waals surface area contributed by atoms with E-state index < -0.39 is 5.60 Å². The second-order valence-electron chi connectivity index (χ2n) is 6.90. The summed E-state index contributed by atoms with van der Waals surface area (Å²) in [5.74, 6) is 0.758. The van der Waals surface area contributed by atoms with E-state index in [-0.39, 0.29) is 5.91 Å². The van der Waals surface area contributed by atoms with Crippen LogP contribution < -0.4 is 15.0 Å². The van der Waals surface area contributed by atoms with Crippen LogP contribution in [0, 0.1) is 13.8 Å². The molecule has 1 amide bonds. The smallest absolute Gasteiger partial charge is 0.281 e. The Bertz CT molecular complexity index is 745. The number of piperidine rings is 1. The van der Waals surface area contributed by atoms with Crippen molar-refractivity contribution in [2.75, 3.05) is 32.1 Å². The predicted octanol–water partition coefficient (Wildman–Crippen LogP) is 1.27. The Labute approximate surface area is 157 Å². The van der Waals surface area contributed by atoms with Crippen LogP contribution in [0.1, 0.15) is 29.0 Å². The number of methoxy groups -OCH3 is 1. The minimum absolute atomic E-state index is 0.0244. The van der Waals surface area contributed by atoms with Crippen molar-refractivity contribution in [1.29, 1.82) is 0 Å². The van der Waals surface area contributed by atoms with E-state index >= 15 is 0 Å². The van der Waals surface area contributed by atoms with Gasteiger partial charge < -0.3 is 14.7 Å². The lowest BCUT2D eigenvalue weighted by Gasteiger charge is -2.36. The molecule has 3 rings (SSSR count). The molecule has 1 fully saturated rings. The number of benzene rings is 1. The largest absolute Gasteiger partial charge is 0.497 e. The summed E-state index contributed by atoms with van der Waals surface area (Å²) in [6.45, 7) is 5.85. The number of hydrogen-bond donors (Lipinski definition) is 3. The van der Waals surface area contributed by atoms with Crippen LogP contribution in [0.5, 0.6) is 5.75 Å². The van der Waals surface area contributed by atoms with E-state index in [1.54, 1.807) is 7.11 Å². The molecule has 6 nitrogen and oxygen atoms in total. The number of hydrogen-bond acceptors (Lipinski definition) is 5. The molecule has 1 saturated heterocycles. The Hall–Kier alpha value is -1.96. The van der Waals surface area contributed by atoms with Gasteiger partial charge >= 0.3 is 0 Å². The second kappa shape index (κ2) is 7.73. The number of aliphatic hydroxyl groups is 1. The SMILES string of the molecule is COc1ccc(C2(O)CC[NH+](CC(=O)Nc3nc(C)c(C)s3)CC2)cc1. The van der Waals surface area contributed by atoms with E-state index in [0.29, 0.717) is 24.5 Å². The van der Waals surface area contributed by atoms with E-state index in [1.807, 2.05) is 38.1 Å². The van der Waals surface area contributed by atoms with Gasteiger partial charge in [0.2, 0.25) is 0 Å². The van der Waals surface area contributed by atoms with E-state index in [1.165, 1.54) is 16.2 Å². The highest BCUT2D eigenvalue weighted by Crippen LogP contribution is 2.30. The number of quaternary nitrogens is 1. The van der Waals surface area contributed by atoms with Crippen LogP contribution in [0.3, 0.4) is 0 Å². The molecule has 2 aromatic rings. The van der Waals surface area contributed by atoms with Gasteiger partial charge in [-0.25, -0.2) is 4.98 Å². The monoisotopic (exact) mass is 376 g/mol. The molecule has 1 aliphatic heterocycles. The molecule has 1 aromatic carbocycles. The van der Waals surface area contributed by atoms with Gasteiger partial charge in [0, 0.05) is 17.7 Å². The second-order valence-corrected chi connectivity index (χ2v) is 8.10. The third-order valence-electron chi connectivity index (χ3n) is 5.10. The van der Waals surface area contributed by atoms with Gasteiger partial charge in [-0.3, -0.25) is 10.1 Å². The third-order valence-corrected chi connectivity index (χ3v) is 6.09. The number of rotatable bonds is 5. The number of amides is 1. The van der Waals surface area contributed by atoms with Crippen molar-refractivity contribution in [2.24, 2.45) is 0 Å². The summed E-state index contributed by atoms with van der Waals surface area (Å²) in [7, 11) is 1.63. The molecular formula is C19H26N3O3S+. The zero-order valence-electron chi connectivity index (χ0n) is 15.5. The first-order valence-electron chi connectivity index (χ1n) is 8.84. The molecule has 0 atom stereocenters. The van der Waals surface area contributed by atoms with Crippen LogP contribution in [0.15, 0.2) is 24.3 Å². The van der Waals surface area contributed by atoms with Gasteiger partial charge in [0.15, 0.2) is 11.7 Å². The van der Waals surface area contributed by atoms with Crippen molar-refractivity contribution < 1.29 is 19.5 Å². The number of carbonyl (C=O) groups is 1. The molecule has 140 valence electrons. The van der Waals surface area contributed by atoms with Crippen molar-refractivity contribution in [1.82, 2.24) is 4.98 Å². The molecule has 0 radical (unpaired) electrons. The van der Waals surface area contributed by atoms with E-state index in [2.05, 4.69) is 10.3 Å². The Morgan fingerprint density at radius 2 is 1.96 bits per heavy atom. The van der Waals surface area contributed by atoms with E-state index in [0.717, 1.165) is 35.0 Å². The molecule has 0 aliphatic carbocycles. The molecule has 1 aromatic heterocycles. The van der Waals surface area contributed by atoms with Crippen LogP contribution in [0.25, 0.3) is 0 Å². The van der Waals surface area contributed by atoms with Crippen LogP contribution in [0.2, 0.25) is 0 Å². The number of anilines is 1. The molecule has 1 aliphatic rings. The lowest BCUT2D eigenvalue weighted by Crippen LogP contribution is -3.14. The highest BCUT2D eigenvalue weighted by atomic mass is 32.1. The highest BCUT2D eigenvalue weighted by Gasteiger charge is 2.36. The number of nitrogens with zero attached hydrogens (tertiary/aromatic N) is 1. The third kappa shape index (κ3) is 4.23. The number of likely N-dealkylation sites (tertiary alicyclic amines) is 1. The minimum Gasteiger partial charge on any atom is -0.497 e. The zero-order valence-corrected chi connectivity index (χ0v) is 16.3. The maximum absolute atomic E-state index is 12.3. The highest BCUT2D eigenvalue weighted by molar-refractivity contribution is 7.15. The first-order valence-corrected chi connectivity index (χ1v) is 9.65. The van der Waals surface area contributed by atoms with Gasteiger partial charge in [0.1, 0.15) is 11.4 Å². The van der Waals surface area contributed by atoms with E-state index in [4.69, 9.17) is 4.74 Å². The van der Waals surface area contributed by atoms with Crippen LogP contribution >= 0.6 is 11.3 Å². The van der Waals surface area contributed by atoms with Gasteiger partial charge in [-0.05, 0) is 31.5 Å². The van der Waals surface area contributed by atoms with Crippen LogP contribution in [-0.4, -0.2) is 42.7 Å². The van der Waals surface area contributed by atoms with Gasteiger partial charge in [-0.1, -0.05) is 12.1 Å². The fraction of sp³-hybridized carbons (Fsp3) is 0.474. The number of ether oxygens (including phenoxy) is 1.